The third-order valence-corrected chi connectivity index (χ3v) is 4.65. The van der Waals surface area contributed by atoms with Gasteiger partial charge in [0.2, 0.25) is 0 Å². The highest BCUT2D eigenvalue weighted by Gasteiger charge is 2.32. The van der Waals surface area contributed by atoms with Gasteiger partial charge in [-0.3, -0.25) is 4.98 Å². The van der Waals surface area contributed by atoms with E-state index < -0.39 is 0 Å². The van der Waals surface area contributed by atoms with Gasteiger partial charge in [0.15, 0.2) is 0 Å². The lowest BCUT2D eigenvalue weighted by molar-refractivity contribution is 0.474. The van der Waals surface area contributed by atoms with Gasteiger partial charge in [-0.2, -0.15) is 5.26 Å². The average molecular weight is 290 g/mol. The monoisotopic (exact) mass is 290 g/mol. The van der Waals surface area contributed by atoms with Crippen LogP contribution in [0.5, 0.6) is 0 Å². The number of nitriles is 1. The highest BCUT2D eigenvalue weighted by molar-refractivity contribution is 5.68. The SMILES string of the molecule is N#Cc1cccc(-c2cncc(N3CC4CNC(C4)C3)c2)c1. The Hall–Kier alpha value is -2.38. The maximum absolute atomic E-state index is 9.05. The predicted molar refractivity (Wildman–Crippen MR) is 86.5 cm³/mol. The summed E-state index contributed by atoms with van der Waals surface area (Å²) in [6, 6.07) is 12.7. The van der Waals surface area contributed by atoms with Crippen LogP contribution in [0, 0.1) is 17.2 Å². The van der Waals surface area contributed by atoms with E-state index in [0.717, 1.165) is 36.7 Å². The molecule has 2 fully saturated rings. The number of hydrogen-bond acceptors (Lipinski definition) is 4. The highest BCUT2D eigenvalue weighted by atomic mass is 15.2. The number of fused-ring (bicyclic) bond motifs is 2. The Morgan fingerprint density at radius 2 is 2.14 bits per heavy atom. The first-order valence-electron chi connectivity index (χ1n) is 7.76. The average Bonchev–Trinajstić information content (AvgIpc) is 2.93. The molecule has 1 aromatic carbocycles. The van der Waals surface area contributed by atoms with Crippen molar-refractivity contribution in [2.75, 3.05) is 24.5 Å². The van der Waals surface area contributed by atoms with Gasteiger partial charge in [-0.15, -0.1) is 0 Å². The van der Waals surface area contributed by atoms with Crippen LogP contribution in [-0.2, 0) is 0 Å². The fourth-order valence-corrected chi connectivity index (χ4v) is 3.57. The molecular weight excluding hydrogens is 272 g/mol. The fraction of sp³-hybridized carbons (Fsp3) is 0.333. The third-order valence-electron chi connectivity index (χ3n) is 4.65. The Bertz CT molecular complexity index is 722. The van der Waals surface area contributed by atoms with E-state index in [-0.39, 0.29) is 0 Å². The molecule has 0 spiro atoms. The molecule has 2 bridgehead atoms. The van der Waals surface area contributed by atoms with Crippen molar-refractivity contribution in [2.45, 2.75) is 12.5 Å². The summed E-state index contributed by atoms with van der Waals surface area (Å²) in [6.07, 6.45) is 5.12. The van der Waals surface area contributed by atoms with Crippen LogP contribution in [0.2, 0.25) is 0 Å². The Labute approximate surface area is 130 Å². The number of piperidine rings is 1. The van der Waals surface area contributed by atoms with E-state index in [2.05, 4.69) is 27.3 Å². The molecule has 2 aliphatic heterocycles. The smallest absolute Gasteiger partial charge is 0.0991 e. The molecule has 0 saturated carbocycles. The molecule has 2 aromatic rings. The molecule has 4 heteroatoms. The molecule has 2 saturated heterocycles. The van der Waals surface area contributed by atoms with Gasteiger partial charge in [0.1, 0.15) is 0 Å². The second-order valence-electron chi connectivity index (χ2n) is 6.24. The van der Waals surface area contributed by atoms with Gasteiger partial charge >= 0.3 is 0 Å². The number of aromatic nitrogens is 1. The number of nitrogens with one attached hydrogen (secondary N) is 1. The van der Waals surface area contributed by atoms with Crippen LogP contribution < -0.4 is 10.2 Å². The number of pyridine rings is 1. The predicted octanol–water partition coefficient (Wildman–Crippen LogP) is 2.42. The lowest BCUT2D eigenvalue weighted by Crippen LogP contribution is -2.41. The molecule has 1 N–H and O–H groups in total. The summed E-state index contributed by atoms with van der Waals surface area (Å²) < 4.78 is 0. The summed E-state index contributed by atoms with van der Waals surface area (Å²) in [6.45, 7) is 3.30. The Morgan fingerprint density at radius 3 is 3.00 bits per heavy atom. The second-order valence-corrected chi connectivity index (χ2v) is 6.24. The van der Waals surface area contributed by atoms with Crippen molar-refractivity contribution in [3.63, 3.8) is 0 Å². The van der Waals surface area contributed by atoms with Crippen molar-refractivity contribution in [3.05, 3.63) is 48.3 Å². The van der Waals surface area contributed by atoms with Gasteiger partial charge in [-0.05, 0) is 36.1 Å². The summed E-state index contributed by atoms with van der Waals surface area (Å²) >= 11 is 0. The molecule has 3 heterocycles. The van der Waals surface area contributed by atoms with Crippen molar-refractivity contribution in [2.24, 2.45) is 5.92 Å². The van der Waals surface area contributed by atoms with E-state index in [0.29, 0.717) is 11.6 Å². The standard InChI is InChI=1S/C18H18N4/c19-7-13-2-1-3-15(4-13)16-6-18(10-20-9-16)22-11-14-5-17(12-22)21-8-14/h1-4,6,9-10,14,17,21H,5,8,11-12H2. The van der Waals surface area contributed by atoms with Crippen molar-refractivity contribution < 1.29 is 0 Å². The largest absolute Gasteiger partial charge is 0.368 e. The molecule has 0 aliphatic carbocycles. The maximum Gasteiger partial charge on any atom is 0.0991 e. The van der Waals surface area contributed by atoms with Crippen LogP contribution in [0.25, 0.3) is 11.1 Å². The molecule has 2 atom stereocenters. The third kappa shape index (κ3) is 2.44. The molecule has 22 heavy (non-hydrogen) atoms. The number of benzene rings is 1. The zero-order valence-corrected chi connectivity index (χ0v) is 12.4. The second kappa shape index (κ2) is 5.43. The van der Waals surface area contributed by atoms with Crippen LogP contribution in [0.4, 0.5) is 5.69 Å². The van der Waals surface area contributed by atoms with Gasteiger partial charge < -0.3 is 10.2 Å². The number of anilines is 1. The van der Waals surface area contributed by atoms with Crippen molar-refractivity contribution in [3.8, 4) is 17.2 Å². The zero-order valence-electron chi connectivity index (χ0n) is 12.4. The van der Waals surface area contributed by atoms with Crippen LogP contribution in [-0.4, -0.2) is 30.7 Å². The summed E-state index contributed by atoms with van der Waals surface area (Å²) in [7, 11) is 0. The quantitative estimate of drug-likeness (QED) is 0.923. The lowest BCUT2D eigenvalue weighted by Gasteiger charge is -2.32. The molecular formula is C18H18N4. The first-order valence-corrected chi connectivity index (χ1v) is 7.76. The molecule has 1 aromatic heterocycles. The molecule has 4 nitrogen and oxygen atoms in total. The zero-order chi connectivity index (χ0) is 14.9. The number of nitrogens with zero attached hydrogens (tertiary/aromatic N) is 3. The minimum Gasteiger partial charge on any atom is -0.368 e. The summed E-state index contributed by atoms with van der Waals surface area (Å²) in [5.41, 5.74) is 3.98. The van der Waals surface area contributed by atoms with Crippen LogP contribution in [0.1, 0.15) is 12.0 Å². The topological polar surface area (TPSA) is 52.0 Å². The first kappa shape index (κ1) is 13.3. The van der Waals surface area contributed by atoms with Gasteiger partial charge in [0, 0.05) is 37.4 Å². The summed E-state index contributed by atoms with van der Waals surface area (Å²) in [4.78, 5) is 6.85. The normalized spacial score (nSPS) is 23.3. The van der Waals surface area contributed by atoms with Gasteiger partial charge in [0.25, 0.3) is 0 Å². The van der Waals surface area contributed by atoms with E-state index in [1.165, 1.54) is 12.1 Å². The number of hydrogen-bond donors (Lipinski definition) is 1. The summed E-state index contributed by atoms with van der Waals surface area (Å²) in [5.74, 6) is 0.754. The number of rotatable bonds is 2. The van der Waals surface area contributed by atoms with Crippen molar-refractivity contribution in [1.82, 2.24) is 10.3 Å². The van der Waals surface area contributed by atoms with E-state index in [1.54, 1.807) is 0 Å². The Morgan fingerprint density at radius 1 is 1.18 bits per heavy atom. The Balaban J connectivity index is 1.64. The van der Waals surface area contributed by atoms with E-state index in [4.69, 9.17) is 5.26 Å². The van der Waals surface area contributed by atoms with Gasteiger partial charge in [-0.1, -0.05) is 12.1 Å². The van der Waals surface area contributed by atoms with Crippen molar-refractivity contribution in [1.29, 1.82) is 5.26 Å². The summed E-state index contributed by atoms with van der Waals surface area (Å²) in [5, 5.41) is 12.6. The Kier molecular flexibility index (Phi) is 3.28. The van der Waals surface area contributed by atoms with Gasteiger partial charge in [0.05, 0.1) is 23.5 Å². The fourth-order valence-electron chi connectivity index (χ4n) is 3.57. The van der Waals surface area contributed by atoms with E-state index in [9.17, 15) is 0 Å². The van der Waals surface area contributed by atoms with Crippen molar-refractivity contribution >= 4 is 5.69 Å². The van der Waals surface area contributed by atoms with Crippen LogP contribution in [0.3, 0.4) is 0 Å². The molecule has 0 radical (unpaired) electrons. The lowest BCUT2D eigenvalue weighted by atomic mass is 9.99. The molecule has 2 unspecified atom stereocenters. The molecule has 4 rings (SSSR count). The molecule has 0 amide bonds. The molecule has 110 valence electrons. The van der Waals surface area contributed by atoms with Gasteiger partial charge in [-0.25, -0.2) is 0 Å². The molecule has 2 aliphatic rings. The minimum atomic E-state index is 0.615. The minimum absolute atomic E-state index is 0.615. The maximum atomic E-state index is 9.05. The van der Waals surface area contributed by atoms with E-state index in [1.807, 2.05) is 36.7 Å². The van der Waals surface area contributed by atoms with Crippen LogP contribution in [0.15, 0.2) is 42.7 Å². The first-order chi connectivity index (χ1) is 10.8. The van der Waals surface area contributed by atoms with E-state index >= 15 is 0 Å². The highest BCUT2D eigenvalue weighted by Crippen LogP contribution is 2.29. The van der Waals surface area contributed by atoms with Crippen LogP contribution >= 0.6 is 0 Å².